The van der Waals surface area contributed by atoms with E-state index in [-0.39, 0.29) is 0 Å². The highest BCUT2D eigenvalue weighted by Gasteiger charge is 1.92. The monoisotopic (exact) mass is 221 g/mol. The number of hydrogen-bond donors (Lipinski definition) is 4. The lowest BCUT2D eigenvalue weighted by atomic mass is 10.2. The van der Waals surface area contributed by atoms with Crippen molar-refractivity contribution in [2.45, 2.75) is 6.92 Å². The molecule has 0 aliphatic carbocycles. The first-order chi connectivity index (χ1) is 6.20. The predicted octanol–water partition coefficient (Wildman–Crippen LogP) is 0.630. The van der Waals surface area contributed by atoms with Crippen molar-refractivity contribution in [3.8, 4) is 5.75 Å². The maximum atomic E-state index is 8.99. The van der Waals surface area contributed by atoms with Crippen molar-refractivity contribution in [2.24, 2.45) is 0 Å². The third-order valence-corrected chi connectivity index (χ3v) is 1.22. The second kappa shape index (κ2) is 4.80. The minimum absolute atomic E-state index is 0.296. The third-order valence-electron chi connectivity index (χ3n) is 1.22. The summed E-state index contributed by atoms with van der Waals surface area (Å²) in [6, 6.07) is 4.99. The maximum Gasteiger partial charge on any atom is 0.394 e. The van der Waals surface area contributed by atoms with Gasteiger partial charge in [0.05, 0.1) is 0 Å². The van der Waals surface area contributed by atoms with E-state index in [1.54, 1.807) is 18.2 Å². The van der Waals surface area contributed by atoms with Crippen LogP contribution in [0.5, 0.6) is 5.75 Å². The van der Waals surface area contributed by atoms with Crippen molar-refractivity contribution in [3.63, 3.8) is 0 Å². The summed E-state index contributed by atoms with van der Waals surface area (Å²) in [6.45, 7) is 1.81. The molecule has 0 radical (unpaired) electrons. The van der Waals surface area contributed by atoms with Crippen LogP contribution in [0.3, 0.4) is 0 Å². The van der Waals surface area contributed by atoms with E-state index in [0.29, 0.717) is 11.4 Å². The van der Waals surface area contributed by atoms with E-state index in [1.165, 1.54) is 0 Å². The highest BCUT2D eigenvalue weighted by atomic mass is 32.3. The van der Waals surface area contributed by atoms with Crippen molar-refractivity contribution >= 4 is 16.1 Å². The quantitative estimate of drug-likeness (QED) is 0.289. The number of hydrogen-bond acceptors (Lipinski definition) is 4. The molecule has 0 saturated heterocycles. The molecule has 0 fully saturated rings. The Bertz CT molecular complexity index is 393. The van der Waals surface area contributed by atoms with E-state index in [9.17, 15) is 0 Å². The first kappa shape index (κ1) is 12.7. The summed E-state index contributed by atoms with van der Waals surface area (Å²) in [4.78, 5) is 0. The number of anilines is 1. The fraction of sp³-hybridized carbons (Fsp3) is 0.143. The SMILES string of the molecule is Cc1cc(N)ccc1O.O=S(=O)(O)O. The van der Waals surface area contributed by atoms with Crippen LogP contribution in [0.1, 0.15) is 5.56 Å². The highest BCUT2D eigenvalue weighted by molar-refractivity contribution is 7.79. The molecule has 7 heteroatoms. The van der Waals surface area contributed by atoms with E-state index in [2.05, 4.69) is 0 Å². The third kappa shape index (κ3) is 7.35. The van der Waals surface area contributed by atoms with Crippen LogP contribution in [0.25, 0.3) is 0 Å². The van der Waals surface area contributed by atoms with Gasteiger partial charge in [0.25, 0.3) is 0 Å². The molecule has 0 saturated carbocycles. The normalized spacial score (nSPS) is 10.2. The number of aromatic hydroxyl groups is 1. The van der Waals surface area contributed by atoms with Crippen LogP contribution in [-0.2, 0) is 10.4 Å². The van der Waals surface area contributed by atoms with E-state index in [4.69, 9.17) is 28.4 Å². The van der Waals surface area contributed by atoms with Gasteiger partial charge in [0.2, 0.25) is 0 Å². The molecule has 6 nitrogen and oxygen atoms in total. The Kier molecular flexibility index (Phi) is 4.35. The molecule has 5 N–H and O–H groups in total. The van der Waals surface area contributed by atoms with Gasteiger partial charge in [-0.2, -0.15) is 8.42 Å². The number of rotatable bonds is 0. The molecule has 0 aliphatic rings. The summed E-state index contributed by atoms with van der Waals surface area (Å²) < 4.78 is 31.6. The van der Waals surface area contributed by atoms with Gasteiger partial charge in [-0.05, 0) is 30.7 Å². The van der Waals surface area contributed by atoms with E-state index in [0.717, 1.165) is 5.56 Å². The Labute approximate surface area is 81.6 Å². The predicted molar refractivity (Wildman–Crippen MR) is 51.4 cm³/mol. The zero-order valence-corrected chi connectivity index (χ0v) is 8.19. The number of aryl methyl sites for hydroxylation is 1. The second-order valence-electron chi connectivity index (χ2n) is 2.49. The number of nitrogens with two attached hydrogens (primary N) is 1. The molecule has 0 aliphatic heterocycles. The second-order valence-corrected chi connectivity index (χ2v) is 3.39. The van der Waals surface area contributed by atoms with E-state index >= 15 is 0 Å². The molecule has 1 aromatic rings. The van der Waals surface area contributed by atoms with Gasteiger partial charge < -0.3 is 10.8 Å². The molecular weight excluding hydrogens is 210 g/mol. The number of phenolic OH excluding ortho intramolecular Hbond substituents is 1. The summed E-state index contributed by atoms with van der Waals surface area (Å²) in [5.74, 6) is 0.296. The molecule has 0 atom stereocenters. The largest absolute Gasteiger partial charge is 0.508 e. The van der Waals surface area contributed by atoms with Crippen LogP contribution in [0, 0.1) is 6.92 Å². The Morgan fingerprint density at radius 3 is 2.00 bits per heavy atom. The van der Waals surface area contributed by atoms with Gasteiger partial charge in [-0.15, -0.1) is 0 Å². The molecule has 0 bridgehead atoms. The molecule has 1 rings (SSSR count). The van der Waals surface area contributed by atoms with Crippen molar-refractivity contribution in [1.29, 1.82) is 0 Å². The zero-order valence-electron chi connectivity index (χ0n) is 7.38. The Morgan fingerprint density at radius 1 is 1.29 bits per heavy atom. The van der Waals surface area contributed by atoms with Crippen LogP contribution in [0.4, 0.5) is 5.69 Å². The van der Waals surface area contributed by atoms with Gasteiger partial charge in [-0.3, -0.25) is 9.11 Å². The summed E-state index contributed by atoms with van der Waals surface area (Å²) in [5, 5.41) is 8.99. The van der Waals surface area contributed by atoms with Gasteiger partial charge in [0, 0.05) is 5.69 Å². The lowest BCUT2D eigenvalue weighted by Crippen LogP contribution is -1.89. The first-order valence-corrected chi connectivity index (χ1v) is 4.85. The summed E-state index contributed by atoms with van der Waals surface area (Å²) in [6.07, 6.45) is 0. The van der Waals surface area contributed by atoms with Gasteiger partial charge in [-0.1, -0.05) is 0 Å². The van der Waals surface area contributed by atoms with Crippen molar-refractivity contribution < 1.29 is 22.6 Å². The Hall–Kier alpha value is -1.31. The Morgan fingerprint density at radius 2 is 1.71 bits per heavy atom. The van der Waals surface area contributed by atoms with Gasteiger partial charge in [0.15, 0.2) is 0 Å². The minimum Gasteiger partial charge on any atom is -0.508 e. The number of phenols is 1. The summed E-state index contributed by atoms with van der Waals surface area (Å²) in [7, 11) is -4.67. The topological polar surface area (TPSA) is 121 Å². The summed E-state index contributed by atoms with van der Waals surface area (Å²) >= 11 is 0. The van der Waals surface area contributed by atoms with Gasteiger partial charge in [0.1, 0.15) is 5.75 Å². The summed E-state index contributed by atoms with van der Waals surface area (Å²) in [5.41, 5.74) is 6.92. The average Bonchev–Trinajstić information content (AvgIpc) is 1.94. The molecule has 1 aromatic carbocycles. The smallest absolute Gasteiger partial charge is 0.394 e. The molecule has 14 heavy (non-hydrogen) atoms. The standard InChI is InChI=1S/C7H9NO.H2O4S/c1-5-4-6(8)2-3-7(5)9;1-5(2,3)4/h2-4,9H,8H2,1H3;(H2,1,2,3,4). The Balaban J connectivity index is 0.000000292. The molecule has 80 valence electrons. The van der Waals surface area contributed by atoms with E-state index < -0.39 is 10.4 Å². The average molecular weight is 221 g/mol. The number of benzene rings is 1. The zero-order chi connectivity index (χ0) is 11.4. The molecule has 0 unspecified atom stereocenters. The number of nitrogen functional groups attached to an aromatic ring is 1. The molecular formula is C7H11NO5S. The molecule has 0 amide bonds. The van der Waals surface area contributed by atoms with Gasteiger partial charge in [-0.25, -0.2) is 0 Å². The fourth-order valence-corrected chi connectivity index (χ4v) is 0.679. The van der Waals surface area contributed by atoms with E-state index in [1.807, 2.05) is 6.92 Å². The van der Waals surface area contributed by atoms with Crippen molar-refractivity contribution in [3.05, 3.63) is 23.8 Å². The van der Waals surface area contributed by atoms with Crippen LogP contribution >= 0.6 is 0 Å². The van der Waals surface area contributed by atoms with Crippen LogP contribution in [-0.4, -0.2) is 22.6 Å². The lowest BCUT2D eigenvalue weighted by molar-refractivity contribution is 0.381. The van der Waals surface area contributed by atoms with Gasteiger partial charge >= 0.3 is 10.4 Å². The lowest BCUT2D eigenvalue weighted by Gasteiger charge is -1.97. The van der Waals surface area contributed by atoms with Crippen molar-refractivity contribution in [1.82, 2.24) is 0 Å². The maximum absolute atomic E-state index is 8.99. The highest BCUT2D eigenvalue weighted by Crippen LogP contribution is 2.17. The molecule has 0 aromatic heterocycles. The van der Waals surface area contributed by atoms with Crippen molar-refractivity contribution in [2.75, 3.05) is 5.73 Å². The van der Waals surface area contributed by atoms with Crippen LogP contribution in [0.15, 0.2) is 18.2 Å². The van der Waals surface area contributed by atoms with Crippen LogP contribution < -0.4 is 5.73 Å². The van der Waals surface area contributed by atoms with Crippen LogP contribution in [0.2, 0.25) is 0 Å². The fourth-order valence-electron chi connectivity index (χ4n) is 0.679. The first-order valence-electron chi connectivity index (χ1n) is 3.45. The molecule has 0 spiro atoms. The molecule has 0 heterocycles. The minimum atomic E-state index is -4.67.